The second kappa shape index (κ2) is 8.59. The van der Waals surface area contributed by atoms with E-state index in [4.69, 9.17) is 9.47 Å². The van der Waals surface area contributed by atoms with E-state index in [1.165, 1.54) is 5.56 Å². The Bertz CT molecular complexity index is 401. The van der Waals surface area contributed by atoms with Gasteiger partial charge in [-0.25, -0.2) is 0 Å². The summed E-state index contributed by atoms with van der Waals surface area (Å²) in [7, 11) is 0. The molecule has 0 aliphatic rings. The lowest BCUT2D eigenvalue weighted by molar-refractivity contribution is -0.127. The van der Waals surface area contributed by atoms with E-state index in [2.05, 4.69) is 5.32 Å². The van der Waals surface area contributed by atoms with Gasteiger partial charge in [-0.15, -0.1) is 0 Å². The number of aryl methyl sites for hydroxylation is 1. The van der Waals surface area contributed by atoms with Crippen LogP contribution < -0.4 is 10.1 Å². The molecule has 112 valence electrons. The summed E-state index contributed by atoms with van der Waals surface area (Å²) in [5, 5.41) is 2.84. The van der Waals surface area contributed by atoms with E-state index < -0.39 is 6.10 Å². The first kappa shape index (κ1) is 16.5. The van der Waals surface area contributed by atoms with Crippen LogP contribution in [-0.2, 0) is 9.53 Å². The third-order valence-electron chi connectivity index (χ3n) is 2.77. The van der Waals surface area contributed by atoms with Gasteiger partial charge in [-0.3, -0.25) is 4.79 Å². The number of ether oxygens (including phenoxy) is 2. The Labute approximate surface area is 121 Å². The molecule has 0 spiro atoms. The summed E-state index contributed by atoms with van der Waals surface area (Å²) in [6.07, 6.45) is 0.541. The first-order chi connectivity index (χ1) is 9.49. The van der Waals surface area contributed by atoms with Crippen LogP contribution in [0, 0.1) is 6.92 Å². The Morgan fingerprint density at radius 2 is 1.85 bits per heavy atom. The van der Waals surface area contributed by atoms with Crippen LogP contribution in [0.2, 0.25) is 0 Å². The van der Waals surface area contributed by atoms with E-state index in [1.807, 2.05) is 45.0 Å². The van der Waals surface area contributed by atoms with E-state index in [1.54, 1.807) is 6.92 Å². The minimum Gasteiger partial charge on any atom is -0.481 e. The molecule has 1 N–H and O–H groups in total. The van der Waals surface area contributed by atoms with Crippen molar-refractivity contribution in [3.8, 4) is 5.75 Å². The molecular weight excluding hydrogens is 254 g/mol. The summed E-state index contributed by atoms with van der Waals surface area (Å²) in [4.78, 5) is 11.8. The van der Waals surface area contributed by atoms with E-state index >= 15 is 0 Å². The van der Waals surface area contributed by atoms with E-state index in [9.17, 15) is 4.79 Å². The molecule has 1 amide bonds. The first-order valence-electron chi connectivity index (χ1n) is 7.11. The minimum atomic E-state index is -0.497. The maximum Gasteiger partial charge on any atom is 0.260 e. The molecule has 0 heterocycles. The topological polar surface area (TPSA) is 47.6 Å². The molecule has 0 radical (unpaired) electrons. The van der Waals surface area contributed by atoms with Gasteiger partial charge in [-0.2, -0.15) is 0 Å². The van der Waals surface area contributed by atoms with Gasteiger partial charge in [-0.1, -0.05) is 17.7 Å². The second-order valence-corrected chi connectivity index (χ2v) is 5.14. The predicted octanol–water partition coefficient (Wildman–Crippen LogP) is 2.69. The lowest BCUT2D eigenvalue weighted by atomic mass is 10.2. The molecule has 0 saturated carbocycles. The van der Waals surface area contributed by atoms with Crippen LogP contribution in [0.1, 0.15) is 32.8 Å². The van der Waals surface area contributed by atoms with E-state index in [-0.39, 0.29) is 12.0 Å². The molecule has 0 aliphatic carbocycles. The fourth-order valence-corrected chi connectivity index (χ4v) is 1.62. The molecule has 0 saturated heterocycles. The summed E-state index contributed by atoms with van der Waals surface area (Å²) in [6, 6.07) is 7.66. The Morgan fingerprint density at radius 3 is 2.45 bits per heavy atom. The van der Waals surface area contributed by atoms with E-state index in [0.29, 0.717) is 18.9 Å². The molecule has 0 bridgehead atoms. The molecule has 0 aliphatic heterocycles. The van der Waals surface area contributed by atoms with Gasteiger partial charge in [0, 0.05) is 13.2 Å². The zero-order chi connectivity index (χ0) is 15.0. The van der Waals surface area contributed by atoms with Crippen LogP contribution in [-0.4, -0.2) is 31.3 Å². The Morgan fingerprint density at radius 1 is 1.20 bits per heavy atom. The number of carbonyl (C=O) groups is 1. The predicted molar refractivity (Wildman–Crippen MR) is 80.0 cm³/mol. The average molecular weight is 279 g/mol. The monoisotopic (exact) mass is 279 g/mol. The zero-order valence-corrected chi connectivity index (χ0v) is 12.8. The number of hydrogen-bond acceptors (Lipinski definition) is 3. The molecule has 0 aromatic heterocycles. The highest BCUT2D eigenvalue weighted by Crippen LogP contribution is 2.13. The largest absolute Gasteiger partial charge is 0.481 e. The standard InChI is InChI=1S/C16H25NO3/c1-12(2)19-11-5-10-17-16(18)14(4)20-15-8-6-13(3)7-9-15/h6-9,12,14H,5,10-11H2,1-4H3,(H,17,18). The van der Waals surface area contributed by atoms with Crippen LogP contribution in [0.4, 0.5) is 0 Å². The van der Waals surface area contributed by atoms with Crippen molar-refractivity contribution < 1.29 is 14.3 Å². The minimum absolute atomic E-state index is 0.102. The molecule has 1 aromatic carbocycles. The van der Waals surface area contributed by atoms with Gasteiger partial charge in [0.25, 0.3) is 5.91 Å². The number of rotatable bonds is 8. The van der Waals surface area contributed by atoms with E-state index in [0.717, 1.165) is 6.42 Å². The van der Waals surface area contributed by atoms with Gasteiger partial charge < -0.3 is 14.8 Å². The second-order valence-electron chi connectivity index (χ2n) is 5.14. The molecule has 1 rings (SSSR count). The summed E-state index contributed by atoms with van der Waals surface area (Å²) in [6.45, 7) is 9.02. The molecule has 1 unspecified atom stereocenters. The van der Waals surface area contributed by atoms with Gasteiger partial charge in [0.15, 0.2) is 6.10 Å². The summed E-state index contributed by atoms with van der Waals surface area (Å²) >= 11 is 0. The highest BCUT2D eigenvalue weighted by Gasteiger charge is 2.13. The Hall–Kier alpha value is -1.55. The van der Waals surface area contributed by atoms with Crippen molar-refractivity contribution in [1.29, 1.82) is 0 Å². The van der Waals surface area contributed by atoms with Gasteiger partial charge in [0.1, 0.15) is 5.75 Å². The van der Waals surface area contributed by atoms with Crippen LogP contribution >= 0.6 is 0 Å². The normalized spacial score (nSPS) is 12.2. The Balaban J connectivity index is 2.23. The van der Waals surface area contributed by atoms with Gasteiger partial charge in [-0.05, 0) is 46.2 Å². The smallest absolute Gasteiger partial charge is 0.260 e. The third-order valence-corrected chi connectivity index (χ3v) is 2.77. The summed E-state index contributed by atoms with van der Waals surface area (Å²) in [5.74, 6) is 0.608. The molecular formula is C16H25NO3. The maximum absolute atomic E-state index is 11.8. The van der Waals surface area contributed by atoms with Crippen molar-refractivity contribution in [3.63, 3.8) is 0 Å². The van der Waals surface area contributed by atoms with Crippen LogP contribution in [0.15, 0.2) is 24.3 Å². The first-order valence-corrected chi connectivity index (χ1v) is 7.11. The summed E-state index contributed by atoms with van der Waals surface area (Å²) < 4.78 is 11.0. The van der Waals surface area contributed by atoms with Gasteiger partial charge >= 0.3 is 0 Å². The van der Waals surface area contributed by atoms with Crippen molar-refractivity contribution in [1.82, 2.24) is 5.32 Å². The number of benzene rings is 1. The average Bonchev–Trinajstić information content (AvgIpc) is 2.40. The Kier molecular flexibility index (Phi) is 7.09. The quantitative estimate of drug-likeness (QED) is 0.744. The number of amides is 1. The molecule has 0 fully saturated rings. The lowest BCUT2D eigenvalue weighted by Crippen LogP contribution is -2.37. The van der Waals surface area contributed by atoms with Crippen molar-refractivity contribution in [2.24, 2.45) is 0 Å². The molecule has 1 atom stereocenters. The maximum atomic E-state index is 11.8. The van der Waals surface area contributed by atoms with Crippen molar-refractivity contribution in [3.05, 3.63) is 29.8 Å². The molecule has 4 nitrogen and oxygen atoms in total. The highest BCUT2D eigenvalue weighted by molar-refractivity contribution is 5.80. The molecule has 20 heavy (non-hydrogen) atoms. The number of nitrogens with one attached hydrogen (secondary N) is 1. The molecule has 1 aromatic rings. The van der Waals surface area contributed by atoms with Crippen molar-refractivity contribution in [2.75, 3.05) is 13.2 Å². The van der Waals surface area contributed by atoms with Gasteiger partial charge in [0.2, 0.25) is 0 Å². The van der Waals surface area contributed by atoms with Crippen LogP contribution in [0.3, 0.4) is 0 Å². The highest BCUT2D eigenvalue weighted by atomic mass is 16.5. The van der Waals surface area contributed by atoms with Crippen molar-refractivity contribution in [2.45, 2.75) is 46.3 Å². The summed E-state index contributed by atoms with van der Waals surface area (Å²) in [5.41, 5.74) is 1.17. The number of carbonyl (C=O) groups excluding carboxylic acids is 1. The fourth-order valence-electron chi connectivity index (χ4n) is 1.62. The van der Waals surface area contributed by atoms with Gasteiger partial charge in [0.05, 0.1) is 6.10 Å². The molecule has 4 heteroatoms. The van der Waals surface area contributed by atoms with Crippen LogP contribution in [0.25, 0.3) is 0 Å². The number of hydrogen-bond donors (Lipinski definition) is 1. The lowest BCUT2D eigenvalue weighted by Gasteiger charge is -2.15. The fraction of sp³-hybridized carbons (Fsp3) is 0.562. The zero-order valence-electron chi connectivity index (χ0n) is 12.8. The van der Waals surface area contributed by atoms with Crippen molar-refractivity contribution >= 4 is 5.91 Å². The third kappa shape index (κ3) is 6.57. The SMILES string of the molecule is Cc1ccc(OC(C)C(=O)NCCCOC(C)C)cc1. The van der Waals surface area contributed by atoms with Crippen LogP contribution in [0.5, 0.6) is 5.75 Å².